The van der Waals surface area contributed by atoms with E-state index in [0.29, 0.717) is 21.8 Å². The van der Waals surface area contributed by atoms with Crippen molar-refractivity contribution < 1.29 is 14.7 Å². The second kappa shape index (κ2) is 8.55. The zero-order chi connectivity index (χ0) is 20.1. The highest BCUT2D eigenvalue weighted by Crippen LogP contribution is 2.28. The average Bonchev–Trinajstić information content (AvgIpc) is 2.67. The molecule has 3 aromatic rings. The number of carbonyl (C=O) groups is 2. The summed E-state index contributed by atoms with van der Waals surface area (Å²) in [6.07, 6.45) is 2.60. The third-order valence-electron chi connectivity index (χ3n) is 4.25. The molecule has 0 unspecified atom stereocenters. The summed E-state index contributed by atoms with van der Waals surface area (Å²) < 4.78 is 0. The van der Waals surface area contributed by atoms with Crippen LogP contribution in [-0.2, 0) is 4.79 Å². The summed E-state index contributed by atoms with van der Waals surface area (Å²) >= 11 is 6.38. The van der Waals surface area contributed by atoms with Crippen molar-refractivity contribution >= 4 is 40.8 Å². The highest BCUT2D eigenvalue weighted by atomic mass is 35.5. The first-order valence-electron chi connectivity index (χ1n) is 8.62. The van der Waals surface area contributed by atoms with E-state index in [0.717, 1.165) is 22.9 Å². The lowest BCUT2D eigenvalue weighted by molar-refractivity contribution is -0.131. The molecule has 0 aliphatic heterocycles. The predicted molar refractivity (Wildman–Crippen MR) is 112 cm³/mol. The molecule has 140 valence electrons. The number of carboxylic acid groups (broad SMARTS) is 1. The fraction of sp³-hybridized carbons (Fsp3) is 0.0435. The molecule has 0 saturated carbocycles. The van der Waals surface area contributed by atoms with Gasteiger partial charge in [0.15, 0.2) is 5.78 Å². The number of carbonyl (C=O) groups excluding carboxylic acids is 1. The summed E-state index contributed by atoms with van der Waals surface area (Å²) in [6, 6.07) is 19.8. The summed E-state index contributed by atoms with van der Waals surface area (Å²) in [4.78, 5) is 23.6. The largest absolute Gasteiger partial charge is 0.478 e. The summed E-state index contributed by atoms with van der Waals surface area (Å²) in [6.45, 7) is 1.89. The zero-order valence-electron chi connectivity index (χ0n) is 15.1. The van der Waals surface area contributed by atoms with Gasteiger partial charge in [0.05, 0.1) is 5.02 Å². The number of aliphatic carboxylic acids is 1. The molecule has 0 atom stereocenters. The molecule has 0 heterocycles. The van der Waals surface area contributed by atoms with Crippen LogP contribution in [-0.4, -0.2) is 16.9 Å². The van der Waals surface area contributed by atoms with E-state index in [9.17, 15) is 9.59 Å². The van der Waals surface area contributed by atoms with E-state index in [1.165, 1.54) is 6.08 Å². The third-order valence-corrected chi connectivity index (χ3v) is 4.56. The molecule has 3 aromatic carbocycles. The van der Waals surface area contributed by atoms with Crippen LogP contribution in [0.2, 0.25) is 5.02 Å². The van der Waals surface area contributed by atoms with Gasteiger partial charge in [0.25, 0.3) is 0 Å². The van der Waals surface area contributed by atoms with Crippen LogP contribution in [0.15, 0.2) is 72.8 Å². The SMILES string of the molecule is Cc1ccccc1C(=O)c1ccc(Nc2ccccc2C=CC(=O)O)cc1Cl. The summed E-state index contributed by atoms with van der Waals surface area (Å²) in [5, 5.41) is 12.4. The molecule has 0 spiro atoms. The molecular formula is C23H18ClNO3. The van der Waals surface area contributed by atoms with Crippen LogP contribution >= 0.6 is 11.6 Å². The fourth-order valence-corrected chi connectivity index (χ4v) is 3.09. The van der Waals surface area contributed by atoms with Crippen molar-refractivity contribution in [3.8, 4) is 0 Å². The van der Waals surface area contributed by atoms with Gasteiger partial charge in [0.2, 0.25) is 0 Å². The number of benzene rings is 3. The Morgan fingerprint density at radius 3 is 2.39 bits per heavy atom. The topological polar surface area (TPSA) is 66.4 Å². The first-order valence-corrected chi connectivity index (χ1v) is 9.00. The van der Waals surface area contributed by atoms with Gasteiger partial charge in [0, 0.05) is 28.6 Å². The number of rotatable bonds is 6. The van der Waals surface area contributed by atoms with Crippen LogP contribution in [0.25, 0.3) is 6.08 Å². The first-order chi connectivity index (χ1) is 13.5. The molecular weight excluding hydrogens is 374 g/mol. The molecule has 0 aliphatic rings. The molecule has 0 aromatic heterocycles. The molecule has 5 heteroatoms. The van der Waals surface area contributed by atoms with Gasteiger partial charge in [-0.2, -0.15) is 0 Å². The van der Waals surface area contributed by atoms with Crippen LogP contribution < -0.4 is 5.32 Å². The van der Waals surface area contributed by atoms with Crippen LogP contribution in [0, 0.1) is 6.92 Å². The van der Waals surface area contributed by atoms with Crippen molar-refractivity contribution in [2.45, 2.75) is 6.92 Å². The van der Waals surface area contributed by atoms with Crippen molar-refractivity contribution in [3.63, 3.8) is 0 Å². The molecule has 0 bridgehead atoms. The number of aryl methyl sites for hydroxylation is 1. The molecule has 0 aliphatic carbocycles. The Bertz CT molecular complexity index is 1070. The number of anilines is 2. The quantitative estimate of drug-likeness (QED) is 0.416. The van der Waals surface area contributed by atoms with Crippen LogP contribution in [0.4, 0.5) is 11.4 Å². The third kappa shape index (κ3) is 4.48. The average molecular weight is 392 g/mol. The van der Waals surface area contributed by atoms with Crippen LogP contribution in [0.1, 0.15) is 27.0 Å². The second-order valence-corrected chi connectivity index (χ2v) is 6.63. The van der Waals surface area contributed by atoms with Crippen molar-refractivity contribution in [1.82, 2.24) is 0 Å². The van der Waals surface area contributed by atoms with Gasteiger partial charge in [0.1, 0.15) is 0 Å². The Labute approximate surface area is 168 Å². The van der Waals surface area contributed by atoms with Crippen LogP contribution in [0.3, 0.4) is 0 Å². The van der Waals surface area contributed by atoms with Gasteiger partial charge in [-0.3, -0.25) is 4.79 Å². The van der Waals surface area contributed by atoms with Crippen molar-refractivity contribution in [2.24, 2.45) is 0 Å². The maximum Gasteiger partial charge on any atom is 0.328 e. The number of nitrogens with one attached hydrogen (secondary N) is 1. The lowest BCUT2D eigenvalue weighted by Gasteiger charge is -2.12. The van der Waals surface area contributed by atoms with Crippen molar-refractivity contribution in [2.75, 3.05) is 5.32 Å². The number of para-hydroxylation sites is 1. The normalized spacial score (nSPS) is 10.8. The highest BCUT2D eigenvalue weighted by Gasteiger charge is 2.15. The molecule has 4 nitrogen and oxygen atoms in total. The van der Waals surface area contributed by atoms with Gasteiger partial charge in [-0.15, -0.1) is 0 Å². The number of carboxylic acids is 1. The monoisotopic (exact) mass is 391 g/mol. The molecule has 3 rings (SSSR count). The molecule has 0 fully saturated rings. The Kier molecular flexibility index (Phi) is 5.92. The molecule has 0 saturated heterocycles. The second-order valence-electron chi connectivity index (χ2n) is 6.22. The van der Waals surface area contributed by atoms with E-state index in [4.69, 9.17) is 16.7 Å². The molecule has 28 heavy (non-hydrogen) atoms. The van der Waals surface area contributed by atoms with Gasteiger partial charge in [-0.1, -0.05) is 54.1 Å². The van der Waals surface area contributed by atoms with Crippen molar-refractivity contribution in [1.29, 1.82) is 0 Å². The standard InChI is InChI=1S/C23H18ClNO3/c1-15-6-2-4-8-18(15)23(28)19-12-11-17(14-20(19)24)25-21-9-5-3-7-16(21)10-13-22(26)27/h2-14,25H,1H3,(H,26,27). The number of ketones is 1. The van der Waals surface area contributed by atoms with E-state index in [2.05, 4.69) is 5.32 Å². The maximum atomic E-state index is 12.8. The van der Waals surface area contributed by atoms with E-state index in [1.54, 1.807) is 30.3 Å². The zero-order valence-corrected chi connectivity index (χ0v) is 15.9. The van der Waals surface area contributed by atoms with E-state index >= 15 is 0 Å². The lowest BCUT2D eigenvalue weighted by Crippen LogP contribution is -2.05. The molecule has 0 amide bonds. The predicted octanol–water partition coefficient (Wildman–Crippen LogP) is 5.72. The number of halogens is 1. The minimum Gasteiger partial charge on any atom is -0.478 e. The Hall–Kier alpha value is -3.37. The van der Waals surface area contributed by atoms with Gasteiger partial charge >= 0.3 is 5.97 Å². The summed E-state index contributed by atoms with van der Waals surface area (Å²) in [5.74, 6) is -1.14. The minimum absolute atomic E-state index is 0.126. The summed E-state index contributed by atoms with van der Waals surface area (Å²) in [7, 11) is 0. The minimum atomic E-state index is -1.02. The Balaban J connectivity index is 1.87. The van der Waals surface area contributed by atoms with Crippen molar-refractivity contribution in [3.05, 3.63) is 100 Å². The van der Waals surface area contributed by atoms with E-state index in [-0.39, 0.29) is 5.78 Å². The Morgan fingerprint density at radius 2 is 1.68 bits per heavy atom. The first kappa shape index (κ1) is 19.4. The highest BCUT2D eigenvalue weighted by molar-refractivity contribution is 6.35. The van der Waals surface area contributed by atoms with E-state index < -0.39 is 5.97 Å². The van der Waals surface area contributed by atoms with Gasteiger partial charge in [-0.25, -0.2) is 4.79 Å². The van der Waals surface area contributed by atoms with Crippen LogP contribution in [0.5, 0.6) is 0 Å². The fourth-order valence-electron chi connectivity index (χ4n) is 2.82. The number of hydrogen-bond donors (Lipinski definition) is 2. The smallest absolute Gasteiger partial charge is 0.328 e. The summed E-state index contributed by atoms with van der Waals surface area (Å²) in [5.41, 5.74) is 4.09. The van der Waals surface area contributed by atoms with Gasteiger partial charge < -0.3 is 10.4 Å². The Morgan fingerprint density at radius 1 is 0.964 bits per heavy atom. The van der Waals surface area contributed by atoms with Gasteiger partial charge in [-0.05, 0) is 48.4 Å². The molecule has 2 N–H and O–H groups in total. The lowest BCUT2D eigenvalue weighted by atomic mass is 9.99. The number of hydrogen-bond acceptors (Lipinski definition) is 3. The maximum absolute atomic E-state index is 12.8. The van der Waals surface area contributed by atoms with E-state index in [1.807, 2.05) is 43.3 Å². The molecule has 0 radical (unpaired) electrons.